The second kappa shape index (κ2) is 8.16. The summed E-state index contributed by atoms with van der Waals surface area (Å²) in [6, 6.07) is 4.76. The molecule has 28 heavy (non-hydrogen) atoms. The van der Waals surface area contributed by atoms with Crippen molar-refractivity contribution in [2.45, 2.75) is 27.2 Å². The molecular weight excluding hydrogens is 360 g/mol. The van der Waals surface area contributed by atoms with E-state index in [4.69, 9.17) is 0 Å². The SMILES string of the molecule is CC(=O)N1CCN(c2ccc(C(=O)N3CC(C)CC(C)C3)cc2[N+](=O)[O-])CC1. The molecule has 152 valence electrons. The van der Waals surface area contributed by atoms with Gasteiger partial charge in [0, 0.05) is 57.8 Å². The van der Waals surface area contributed by atoms with Crippen LogP contribution in [0.25, 0.3) is 0 Å². The van der Waals surface area contributed by atoms with E-state index >= 15 is 0 Å². The molecule has 0 aromatic heterocycles. The highest BCUT2D eigenvalue weighted by Gasteiger charge is 2.29. The number of benzene rings is 1. The topological polar surface area (TPSA) is 87.0 Å². The molecule has 0 aliphatic carbocycles. The fourth-order valence-corrected chi connectivity index (χ4v) is 4.34. The Morgan fingerprint density at radius 1 is 1.04 bits per heavy atom. The minimum atomic E-state index is -0.426. The van der Waals surface area contributed by atoms with Gasteiger partial charge in [-0.15, -0.1) is 0 Å². The van der Waals surface area contributed by atoms with Crippen LogP contribution in [0.2, 0.25) is 0 Å². The van der Waals surface area contributed by atoms with Crippen LogP contribution in [0, 0.1) is 22.0 Å². The first-order chi connectivity index (χ1) is 13.3. The zero-order chi connectivity index (χ0) is 20.4. The molecule has 3 rings (SSSR count). The van der Waals surface area contributed by atoms with Gasteiger partial charge in [-0.25, -0.2) is 0 Å². The van der Waals surface area contributed by atoms with E-state index in [1.165, 1.54) is 13.0 Å². The van der Waals surface area contributed by atoms with Crippen LogP contribution >= 0.6 is 0 Å². The van der Waals surface area contributed by atoms with Crippen LogP contribution in [-0.2, 0) is 4.79 Å². The number of piperidine rings is 1. The van der Waals surface area contributed by atoms with Gasteiger partial charge in [0.15, 0.2) is 0 Å². The van der Waals surface area contributed by atoms with E-state index < -0.39 is 4.92 Å². The van der Waals surface area contributed by atoms with Crippen molar-refractivity contribution in [3.05, 3.63) is 33.9 Å². The summed E-state index contributed by atoms with van der Waals surface area (Å²) < 4.78 is 0. The molecule has 0 N–H and O–H groups in total. The number of likely N-dealkylation sites (tertiary alicyclic amines) is 1. The Balaban J connectivity index is 1.81. The van der Waals surface area contributed by atoms with Crippen molar-refractivity contribution >= 4 is 23.2 Å². The predicted molar refractivity (Wildman–Crippen MR) is 106 cm³/mol. The molecule has 2 fully saturated rings. The standard InChI is InChI=1S/C20H28N4O4/c1-14-10-15(2)13-23(12-14)20(26)17-4-5-18(19(11-17)24(27)28)22-8-6-21(7-9-22)16(3)25/h4-5,11,14-15H,6-10,12-13H2,1-3H3. The molecule has 0 saturated carbocycles. The highest BCUT2D eigenvalue weighted by Crippen LogP contribution is 2.31. The van der Waals surface area contributed by atoms with Gasteiger partial charge in [0.2, 0.25) is 5.91 Å². The monoisotopic (exact) mass is 388 g/mol. The number of carbonyl (C=O) groups excluding carboxylic acids is 2. The van der Waals surface area contributed by atoms with Gasteiger partial charge in [-0.3, -0.25) is 19.7 Å². The van der Waals surface area contributed by atoms with E-state index in [-0.39, 0.29) is 17.5 Å². The van der Waals surface area contributed by atoms with Gasteiger partial charge in [0.25, 0.3) is 11.6 Å². The normalized spacial score (nSPS) is 22.9. The summed E-state index contributed by atoms with van der Waals surface area (Å²) in [7, 11) is 0. The maximum atomic E-state index is 12.9. The molecule has 1 aromatic rings. The molecule has 1 aromatic carbocycles. The van der Waals surface area contributed by atoms with Crippen molar-refractivity contribution in [2.75, 3.05) is 44.2 Å². The number of nitro groups is 1. The number of amides is 2. The van der Waals surface area contributed by atoms with Gasteiger partial charge in [-0.05, 0) is 30.4 Å². The van der Waals surface area contributed by atoms with Gasteiger partial charge < -0.3 is 14.7 Å². The molecule has 8 heteroatoms. The quantitative estimate of drug-likeness (QED) is 0.586. The van der Waals surface area contributed by atoms with Crippen LogP contribution in [0.1, 0.15) is 37.6 Å². The van der Waals surface area contributed by atoms with Crippen molar-refractivity contribution < 1.29 is 14.5 Å². The number of nitro benzene ring substituents is 1. The average Bonchev–Trinajstić information content (AvgIpc) is 2.66. The average molecular weight is 388 g/mol. The van der Waals surface area contributed by atoms with Crippen LogP contribution in [0.3, 0.4) is 0 Å². The molecular formula is C20H28N4O4. The maximum absolute atomic E-state index is 12.9. The van der Waals surface area contributed by atoms with Gasteiger partial charge in [0.05, 0.1) is 4.92 Å². The second-order valence-corrected chi connectivity index (χ2v) is 8.11. The Morgan fingerprint density at radius 2 is 1.64 bits per heavy atom. The molecule has 8 nitrogen and oxygen atoms in total. The van der Waals surface area contributed by atoms with Crippen LogP contribution in [0.15, 0.2) is 18.2 Å². The lowest BCUT2D eigenvalue weighted by molar-refractivity contribution is -0.384. The van der Waals surface area contributed by atoms with E-state index in [9.17, 15) is 19.7 Å². The van der Waals surface area contributed by atoms with E-state index in [0.717, 1.165) is 6.42 Å². The summed E-state index contributed by atoms with van der Waals surface area (Å²) in [5.41, 5.74) is 0.810. The van der Waals surface area contributed by atoms with Crippen LogP contribution < -0.4 is 4.90 Å². The summed E-state index contributed by atoms with van der Waals surface area (Å²) in [5, 5.41) is 11.7. The molecule has 2 aliphatic heterocycles. The summed E-state index contributed by atoms with van der Waals surface area (Å²) in [5.74, 6) is 0.730. The fraction of sp³-hybridized carbons (Fsp3) is 0.600. The van der Waals surface area contributed by atoms with Crippen LogP contribution in [-0.4, -0.2) is 65.8 Å². The van der Waals surface area contributed by atoms with Gasteiger partial charge >= 0.3 is 0 Å². The lowest BCUT2D eigenvalue weighted by Gasteiger charge is -2.36. The van der Waals surface area contributed by atoms with E-state index in [0.29, 0.717) is 62.4 Å². The zero-order valence-corrected chi connectivity index (χ0v) is 16.8. The number of anilines is 1. The third kappa shape index (κ3) is 4.26. The molecule has 2 unspecified atom stereocenters. The summed E-state index contributed by atoms with van der Waals surface area (Å²) in [6.45, 7) is 9.31. The smallest absolute Gasteiger partial charge is 0.293 e. The molecule has 0 radical (unpaired) electrons. The number of nitrogens with zero attached hydrogens (tertiary/aromatic N) is 4. The Kier molecular flexibility index (Phi) is 5.86. The largest absolute Gasteiger partial charge is 0.362 e. The first kappa shape index (κ1) is 20.1. The zero-order valence-electron chi connectivity index (χ0n) is 16.8. The lowest BCUT2D eigenvalue weighted by Crippen LogP contribution is -2.48. The van der Waals surface area contributed by atoms with Crippen molar-refractivity contribution in [1.29, 1.82) is 0 Å². The number of piperazine rings is 1. The second-order valence-electron chi connectivity index (χ2n) is 8.11. The summed E-state index contributed by atoms with van der Waals surface area (Å²) in [4.78, 5) is 41.1. The Bertz CT molecular complexity index is 763. The molecule has 2 saturated heterocycles. The molecule has 2 heterocycles. The minimum Gasteiger partial charge on any atom is -0.362 e. The predicted octanol–water partition coefficient (Wildman–Crippen LogP) is 2.38. The van der Waals surface area contributed by atoms with Crippen molar-refractivity contribution in [1.82, 2.24) is 9.80 Å². The first-order valence-corrected chi connectivity index (χ1v) is 9.84. The summed E-state index contributed by atoms with van der Waals surface area (Å²) >= 11 is 0. The number of carbonyl (C=O) groups is 2. The number of hydrogen-bond donors (Lipinski definition) is 0. The Hall–Kier alpha value is -2.64. The molecule has 2 aliphatic rings. The van der Waals surface area contributed by atoms with Crippen LogP contribution in [0.5, 0.6) is 0 Å². The highest BCUT2D eigenvalue weighted by molar-refractivity contribution is 5.96. The molecule has 0 bridgehead atoms. The number of hydrogen-bond acceptors (Lipinski definition) is 5. The minimum absolute atomic E-state index is 0.0140. The first-order valence-electron chi connectivity index (χ1n) is 9.84. The Morgan fingerprint density at radius 3 is 2.18 bits per heavy atom. The van der Waals surface area contributed by atoms with Gasteiger partial charge in [-0.2, -0.15) is 0 Å². The maximum Gasteiger partial charge on any atom is 0.293 e. The fourth-order valence-electron chi connectivity index (χ4n) is 4.34. The molecule has 0 spiro atoms. The third-order valence-electron chi connectivity index (χ3n) is 5.64. The van der Waals surface area contributed by atoms with Crippen LogP contribution in [0.4, 0.5) is 11.4 Å². The van der Waals surface area contributed by atoms with Crippen molar-refractivity contribution in [3.63, 3.8) is 0 Å². The molecule has 2 amide bonds. The summed E-state index contributed by atoms with van der Waals surface area (Å²) in [6.07, 6.45) is 1.09. The van der Waals surface area contributed by atoms with Crippen molar-refractivity contribution in [2.24, 2.45) is 11.8 Å². The number of rotatable bonds is 3. The third-order valence-corrected chi connectivity index (χ3v) is 5.64. The van der Waals surface area contributed by atoms with E-state index in [1.54, 1.807) is 17.0 Å². The lowest BCUT2D eigenvalue weighted by atomic mass is 9.91. The van der Waals surface area contributed by atoms with Gasteiger partial charge in [0.1, 0.15) is 5.69 Å². The molecule has 2 atom stereocenters. The van der Waals surface area contributed by atoms with Crippen molar-refractivity contribution in [3.8, 4) is 0 Å². The van der Waals surface area contributed by atoms with E-state index in [1.807, 2.05) is 9.80 Å². The van der Waals surface area contributed by atoms with E-state index in [2.05, 4.69) is 13.8 Å². The highest BCUT2D eigenvalue weighted by atomic mass is 16.6. The Labute approximate surface area is 165 Å². The van der Waals surface area contributed by atoms with Gasteiger partial charge in [-0.1, -0.05) is 13.8 Å².